The van der Waals surface area contributed by atoms with Gasteiger partial charge in [-0.25, -0.2) is 23.1 Å². The Balaban J connectivity index is 2.80. The summed E-state index contributed by atoms with van der Waals surface area (Å²) in [5.41, 5.74) is 3.19. The number of likely N-dealkylation sites (N-methyl/N-ethyl adjacent to an activating group) is 1. The average Bonchev–Trinajstić information content (AvgIpc) is 2.31. The number of nitrogens with zero attached hydrogens (tertiary/aromatic N) is 3. The Bertz CT molecular complexity index is 562. The van der Waals surface area contributed by atoms with E-state index in [1.165, 1.54) is 5.56 Å². The number of hydrogen-bond donors (Lipinski definition) is 1. The van der Waals surface area contributed by atoms with Crippen LogP contribution in [0.3, 0.4) is 0 Å². The second kappa shape index (κ2) is 7.17. The first-order valence-corrected chi connectivity index (χ1v) is 8.99. The van der Waals surface area contributed by atoms with Crippen molar-refractivity contribution >= 4 is 16.0 Å². The van der Waals surface area contributed by atoms with Gasteiger partial charge >= 0.3 is 0 Å². The Morgan fingerprint density at radius 3 is 2.14 bits per heavy atom. The highest BCUT2D eigenvalue weighted by Crippen LogP contribution is 2.18. The third-order valence-corrected chi connectivity index (χ3v) is 3.90. The van der Waals surface area contributed by atoms with Crippen molar-refractivity contribution in [2.45, 2.75) is 34.1 Å². The average molecular weight is 314 g/mol. The van der Waals surface area contributed by atoms with Crippen molar-refractivity contribution in [1.82, 2.24) is 14.7 Å². The molecule has 7 heteroatoms. The first kappa shape index (κ1) is 17.8. The topological polar surface area (TPSA) is 75.2 Å². The van der Waals surface area contributed by atoms with Gasteiger partial charge in [-0.2, -0.15) is 0 Å². The molecule has 0 aliphatic rings. The van der Waals surface area contributed by atoms with Gasteiger partial charge in [-0.3, -0.25) is 0 Å². The second-order valence-corrected chi connectivity index (χ2v) is 7.69. The molecule has 0 saturated carbocycles. The van der Waals surface area contributed by atoms with Crippen LogP contribution in [0.25, 0.3) is 0 Å². The fourth-order valence-corrected chi connectivity index (χ4v) is 2.56. The van der Waals surface area contributed by atoms with E-state index < -0.39 is 10.0 Å². The summed E-state index contributed by atoms with van der Waals surface area (Å²) in [6.07, 6.45) is 2.12. The fourth-order valence-electron chi connectivity index (χ4n) is 2.09. The van der Waals surface area contributed by atoms with Crippen molar-refractivity contribution in [2.75, 3.05) is 31.3 Å². The van der Waals surface area contributed by atoms with Crippen LogP contribution in [0.2, 0.25) is 0 Å². The van der Waals surface area contributed by atoms with Gasteiger partial charge in [0.05, 0.1) is 6.26 Å². The lowest BCUT2D eigenvalue weighted by Crippen LogP contribution is -2.33. The van der Waals surface area contributed by atoms with Crippen LogP contribution in [-0.4, -0.2) is 44.8 Å². The summed E-state index contributed by atoms with van der Waals surface area (Å²) in [5.74, 6) is 1.20. The number of aryl methyl sites for hydroxylation is 2. The standard InChI is InChI=1S/C14H26N4O2S/c1-10(2)9-13-11(3)16-14(17-12(13)4)18(5)8-7-15-21(6,19)20/h10,15H,7-9H2,1-6H3. The van der Waals surface area contributed by atoms with E-state index in [2.05, 4.69) is 28.5 Å². The number of sulfonamides is 1. The van der Waals surface area contributed by atoms with Gasteiger partial charge in [-0.15, -0.1) is 0 Å². The number of anilines is 1. The van der Waals surface area contributed by atoms with E-state index in [1.54, 1.807) is 0 Å². The van der Waals surface area contributed by atoms with Gasteiger partial charge in [-0.05, 0) is 31.7 Å². The molecule has 1 aromatic rings. The zero-order valence-corrected chi connectivity index (χ0v) is 14.6. The Labute approximate surface area is 128 Å². The quantitative estimate of drug-likeness (QED) is 0.820. The van der Waals surface area contributed by atoms with E-state index in [0.717, 1.165) is 24.1 Å². The molecule has 0 aliphatic heterocycles. The van der Waals surface area contributed by atoms with Crippen LogP contribution >= 0.6 is 0 Å². The van der Waals surface area contributed by atoms with E-state index in [1.807, 2.05) is 25.8 Å². The van der Waals surface area contributed by atoms with E-state index in [-0.39, 0.29) is 0 Å². The highest BCUT2D eigenvalue weighted by molar-refractivity contribution is 7.88. The fraction of sp³-hybridized carbons (Fsp3) is 0.714. The summed E-state index contributed by atoms with van der Waals surface area (Å²) in [5, 5.41) is 0. The highest BCUT2D eigenvalue weighted by Gasteiger charge is 2.13. The van der Waals surface area contributed by atoms with Crippen LogP contribution in [0.4, 0.5) is 5.95 Å². The zero-order valence-electron chi connectivity index (χ0n) is 13.8. The minimum Gasteiger partial charge on any atom is -0.343 e. The zero-order chi connectivity index (χ0) is 16.2. The third-order valence-electron chi connectivity index (χ3n) is 3.17. The molecule has 0 bridgehead atoms. The first-order valence-electron chi connectivity index (χ1n) is 7.10. The highest BCUT2D eigenvalue weighted by atomic mass is 32.2. The maximum atomic E-state index is 11.0. The van der Waals surface area contributed by atoms with Gasteiger partial charge in [-0.1, -0.05) is 13.8 Å². The minimum atomic E-state index is -3.16. The molecule has 0 unspecified atom stereocenters. The molecule has 0 aromatic carbocycles. The monoisotopic (exact) mass is 314 g/mol. The summed E-state index contributed by atoms with van der Waals surface area (Å²) < 4.78 is 24.6. The molecule has 0 radical (unpaired) electrons. The van der Waals surface area contributed by atoms with Gasteiger partial charge in [0.15, 0.2) is 0 Å². The molecule has 0 atom stereocenters. The second-order valence-electron chi connectivity index (χ2n) is 5.86. The predicted molar refractivity (Wildman–Crippen MR) is 86.2 cm³/mol. The van der Waals surface area contributed by atoms with Crippen LogP contribution in [-0.2, 0) is 16.4 Å². The Kier molecular flexibility index (Phi) is 6.10. The van der Waals surface area contributed by atoms with Gasteiger partial charge in [0.25, 0.3) is 0 Å². The van der Waals surface area contributed by atoms with E-state index in [0.29, 0.717) is 25.0 Å². The molecule has 1 aromatic heterocycles. The van der Waals surface area contributed by atoms with E-state index in [9.17, 15) is 8.42 Å². The predicted octanol–water partition coefficient (Wildman–Crippen LogP) is 1.28. The Morgan fingerprint density at radius 2 is 1.71 bits per heavy atom. The van der Waals surface area contributed by atoms with Crippen LogP contribution in [0.15, 0.2) is 0 Å². The van der Waals surface area contributed by atoms with Gasteiger partial charge in [0, 0.05) is 31.5 Å². The summed E-state index contributed by atoms with van der Waals surface area (Å²) >= 11 is 0. The van der Waals surface area contributed by atoms with Crippen molar-refractivity contribution in [3.8, 4) is 0 Å². The van der Waals surface area contributed by atoms with Gasteiger partial charge in [0.1, 0.15) is 0 Å². The molecule has 1 heterocycles. The molecule has 0 aliphatic carbocycles. The first-order chi connectivity index (χ1) is 9.60. The molecule has 0 amide bonds. The number of rotatable bonds is 7. The Morgan fingerprint density at radius 1 is 1.19 bits per heavy atom. The molecule has 6 nitrogen and oxygen atoms in total. The SMILES string of the molecule is Cc1nc(N(C)CCNS(C)(=O)=O)nc(C)c1CC(C)C. The van der Waals surface area contributed by atoms with Crippen molar-refractivity contribution < 1.29 is 8.42 Å². The van der Waals surface area contributed by atoms with Crippen LogP contribution in [0.1, 0.15) is 30.8 Å². The summed E-state index contributed by atoms with van der Waals surface area (Å²) in [6.45, 7) is 9.21. The molecule has 1 rings (SSSR count). The molecular weight excluding hydrogens is 288 g/mol. The molecule has 0 fully saturated rings. The normalized spacial score (nSPS) is 12.0. The van der Waals surface area contributed by atoms with Crippen molar-refractivity contribution in [1.29, 1.82) is 0 Å². The number of aromatic nitrogens is 2. The smallest absolute Gasteiger partial charge is 0.225 e. The summed E-state index contributed by atoms with van der Waals surface area (Å²) in [6, 6.07) is 0. The van der Waals surface area contributed by atoms with E-state index in [4.69, 9.17) is 0 Å². The molecule has 0 saturated heterocycles. The van der Waals surface area contributed by atoms with E-state index >= 15 is 0 Å². The molecular formula is C14H26N4O2S. The molecule has 120 valence electrons. The lowest BCUT2D eigenvalue weighted by Gasteiger charge is -2.20. The van der Waals surface area contributed by atoms with Crippen LogP contribution in [0, 0.1) is 19.8 Å². The van der Waals surface area contributed by atoms with Gasteiger partial charge < -0.3 is 4.90 Å². The molecule has 0 spiro atoms. The van der Waals surface area contributed by atoms with Crippen molar-refractivity contribution in [2.24, 2.45) is 5.92 Å². The third kappa shape index (κ3) is 5.97. The molecule has 1 N–H and O–H groups in total. The Hall–Kier alpha value is -1.21. The number of hydrogen-bond acceptors (Lipinski definition) is 5. The lowest BCUT2D eigenvalue weighted by atomic mass is 10.0. The van der Waals surface area contributed by atoms with Crippen LogP contribution in [0.5, 0.6) is 0 Å². The van der Waals surface area contributed by atoms with Crippen molar-refractivity contribution in [3.63, 3.8) is 0 Å². The maximum absolute atomic E-state index is 11.0. The maximum Gasteiger partial charge on any atom is 0.225 e. The summed E-state index contributed by atoms with van der Waals surface area (Å²) in [7, 11) is -1.29. The van der Waals surface area contributed by atoms with Crippen molar-refractivity contribution in [3.05, 3.63) is 17.0 Å². The van der Waals surface area contributed by atoms with Gasteiger partial charge in [0.2, 0.25) is 16.0 Å². The van der Waals surface area contributed by atoms with Crippen LogP contribution < -0.4 is 9.62 Å². The largest absolute Gasteiger partial charge is 0.343 e. The number of nitrogens with one attached hydrogen (secondary N) is 1. The lowest BCUT2D eigenvalue weighted by molar-refractivity contribution is 0.587. The minimum absolute atomic E-state index is 0.338. The summed E-state index contributed by atoms with van der Waals surface area (Å²) in [4.78, 5) is 10.9. The molecule has 21 heavy (non-hydrogen) atoms.